The van der Waals surface area contributed by atoms with E-state index >= 15 is 0 Å². The molecular formula is C14H18N2O5. The first kappa shape index (κ1) is 15.2. The molecule has 2 N–H and O–H groups in total. The molecule has 0 atom stereocenters. The molecule has 1 amide bonds. The number of aliphatic hydroxyl groups excluding tert-OH is 1. The van der Waals surface area contributed by atoms with Crippen molar-refractivity contribution < 1.29 is 19.6 Å². The molecule has 0 aliphatic heterocycles. The van der Waals surface area contributed by atoms with Gasteiger partial charge < -0.3 is 15.2 Å². The number of nitrogens with zero attached hydrogens (tertiary/aromatic N) is 1. The molecule has 1 saturated carbocycles. The molecule has 0 saturated heterocycles. The van der Waals surface area contributed by atoms with Gasteiger partial charge in [-0.05, 0) is 24.5 Å². The van der Waals surface area contributed by atoms with Gasteiger partial charge in [0.1, 0.15) is 0 Å². The molecule has 7 heteroatoms. The smallest absolute Gasteiger partial charge is 0.311 e. The van der Waals surface area contributed by atoms with Crippen molar-refractivity contribution >= 4 is 11.6 Å². The number of ether oxygens (including phenoxy) is 1. The van der Waals surface area contributed by atoms with E-state index in [1.54, 1.807) is 0 Å². The highest BCUT2D eigenvalue weighted by atomic mass is 16.6. The number of rotatable bonds is 6. The maximum atomic E-state index is 11.7. The Kier molecular flexibility index (Phi) is 5.10. The first-order valence-electron chi connectivity index (χ1n) is 6.90. The highest BCUT2D eigenvalue weighted by Gasteiger charge is 2.19. The molecule has 2 rings (SSSR count). The number of benzene rings is 1. The third-order valence-corrected chi connectivity index (χ3v) is 3.48. The molecule has 1 fully saturated rings. The normalized spacial score (nSPS) is 14.9. The fourth-order valence-electron chi connectivity index (χ4n) is 2.41. The summed E-state index contributed by atoms with van der Waals surface area (Å²) in [6, 6.07) is 4.35. The Balaban J connectivity index is 1.95. The summed E-state index contributed by atoms with van der Waals surface area (Å²) in [6.07, 6.45) is 4.16. The Labute approximate surface area is 122 Å². The summed E-state index contributed by atoms with van der Waals surface area (Å²) in [4.78, 5) is 22.1. The molecule has 21 heavy (non-hydrogen) atoms. The standard InChI is InChI=1S/C14H18N2O5/c17-8-10-5-6-13(12(7-10)16(19)20)21-9-14(18)15-11-3-1-2-4-11/h5-7,11,17H,1-4,8-9H2,(H,15,18). The van der Waals surface area contributed by atoms with Crippen molar-refractivity contribution in [2.24, 2.45) is 0 Å². The van der Waals surface area contributed by atoms with Gasteiger partial charge in [0.2, 0.25) is 0 Å². The van der Waals surface area contributed by atoms with E-state index in [0.717, 1.165) is 25.7 Å². The number of hydrogen-bond donors (Lipinski definition) is 2. The lowest BCUT2D eigenvalue weighted by Gasteiger charge is -2.12. The van der Waals surface area contributed by atoms with Crippen LogP contribution in [0.4, 0.5) is 5.69 Å². The number of nitro groups is 1. The fourth-order valence-corrected chi connectivity index (χ4v) is 2.41. The number of aliphatic hydroxyl groups is 1. The van der Waals surface area contributed by atoms with E-state index < -0.39 is 4.92 Å². The molecule has 1 aliphatic rings. The predicted molar refractivity (Wildman–Crippen MR) is 74.9 cm³/mol. The Bertz CT molecular complexity index is 526. The number of nitrogens with one attached hydrogen (secondary N) is 1. The van der Waals surface area contributed by atoms with Crippen LogP contribution in [-0.4, -0.2) is 28.6 Å². The van der Waals surface area contributed by atoms with E-state index in [9.17, 15) is 14.9 Å². The fraction of sp³-hybridized carbons (Fsp3) is 0.500. The minimum absolute atomic E-state index is 0.0266. The zero-order chi connectivity index (χ0) is 15.2. The van der Waals surface area contributed by atoms with Gasteiger partial charge >= 0.3 is 5.69 Å². The molecule has 0 heterocycles. The number of hydrogen-bond acceptors (Lipinski definition) is 5. The van der Waals surface area contributed by atoms with Gasteiger partial charge in [-0.15, -0.1) is 0 Å². The van der Waals surface area contributed by atoms with Crippen molar-refractivity contribution in [1.82, 2.24) is 5.32 Å². The van der Waals surface area contributed by atoms with Crippen LogP contribution in [0.5, 0.6) is 5.75 Å². The Hall–Kier alpha value is -2.15. The van der Waals surface area contributed by atoms with Crippen LogP contribution in [0.3, 0.4) is 0 Å². The van der Waals surface area contributed by atoms with E-state index in [-0.39, 0.29) is 36.6 Å². The summed E-state index contributed by atoms with van der Waals surface area (Å²) in [5, 5.41) is 22.8. The first-order valence-corrected chi connectivity index (χ1v) is 6.90. The van der Waals surface area contributed by atoms with Gasteiger partial charge in [0, 0.05) is 12.1 Å². The minimum atomic E-state index is -0.594. The molecule has 114 valence electrons. The second-order valence-electron chi connectivity index (χ2n) is 5.05. The van der Waals surface area contributed by atoms with Crippen LogP contribution in [0.25, 0.3) is 0 Å². The molecule has 0 spiro atoms. The van der Waals surface area contributed by atoms with E-state index in [0.29, 0.717) is 5.56 Å². The topological polar surface area (TPSA) is 102 Å². The summed E-state index contributed by atoms with van der Waals surface area (Å²) in [5.74, 6) is -0.249. The second kappa shape index (κ2) is 7.03. The number of nitro benzene ring substituents is 1. The molecule has 1 aliphatic carbocycles. The first-order chi connectivity index (χ1) is 10.1. The number of amides is 1. The number of carbonyl (C=O) groups excluding carboxylic acids is 1. The third-order valence-electron chi connectivity index (χ3n) is 3.48. The third kappa shape index (κ3) is 4.16. The van der Waals surface area contributed by atoms with Crippen LogP contribution in [0.15, 0.2) is 18.2 Å². The van der Waals surface area contributed by atoms with Crippen LogP contribution in [-0.2, 0) is 11.4 Å². The maximum absolute atomic E-state index is 11.7. The van der Waals surface area contributed by atoms with Gasteiger partial charge in [0.25, 0.3) is 5.91 Å². The average molecular weight is 294 g/mol. The van der Waals surface area contributed by atoms with Gasteiger partial charge in [-0.3, -0.25) is 14.9 Å². The summed E-state index contributed by atoms with van der Waals surface area (Å²) in [6.45, 7) is -0.543. The van der Waals surface area contributed by atoms with Gasteiger partial charge in [-0.25, -0.2) is 0 Å². The van der Waals surface area contributed by atoms with Crippen LogP contribution in [0.2, 0.25) is 0 Å². The molecule has 0 bridgehead atoms. The van der Waals surface area contributed by atoms with Crippen LogP contribution in [0, 0.1) is 10.1 Å². The lowest BCUT2D eigenvalue weighted by atomic mass is 10.2. The molecular weight excluding hydrogens is 276 g/mol. The zero-order valence-corrected chi connectivity index (χ0v) is 11.6. The maximum Gasteiger partial charge on any atom is 0.311 e. The average Bonchev–Trinajstić information content (AvgIpc) is 2.97. The highest BCUT2D eigenvalue weighted by Crippen LogP contribution is 2.28. The zero-order valence-electron chi connectivity index (χ0n) is 11.6. The second-order valence-corrected chi connectivity index (χ2v) is 5.05. The highest BCUT2D eigenvalue weighted by molar-refractivity contribution is 5.78. The van der Waals surface area contributed by atoms with Crippen molar-refractivity contribution in [3.05, 3.63) is 33.9 Å². The largest absolute Gasteiger partial charge is 0.477 e. The molecule has 0 unspecified atom stereocenters. The van der Waals surface area contributed by atoms with Gasteiger partial charge in [0.05, 0.1) is 11.5 Å². The Morgan fingerprint density at radius 3 is 2.76 bits per heavy atom. The molecule has 7 nitrogen and oxygen atoms in total. The van der Waals surface area contributed by atoms with Crippen LogP contribution in [0.1, 0.15) is 31.2 Å². The SMILES string of the molecule is O=C(COc1ccc(CO)cc1[N+](=O)[O-])NC1CCCC1. The molecule has 0 radical (unpaired) electrons. The van der Waals surface area contributed by atoms with Crippen molar-refractivity contribution in [3.63, 3.8) is 0 Å². The molecule has 1 aromatic carbocycles. The van der Waals surface area contributed by atoms with E-state index in [2.05, 4.69) is 5.32 Å². The number of carbonyl (C=O) groups is 1. The van der Waals surface area contributed by atoms with Crippen LogP contribution < -0.4 is 10.1 Å². The summed E-state index contributed by atoms with van der Waals surface area (Å²) in [7, 11) is 0. The monoisotopic (exact) mass is 294 g/mol. The van der Waals surface area contributed by atoms with Gasteiger partial charge in [0.15, 0.2) is 12.4 Å². The van der Waals surface area contributed by atoms with Crippen molar-refractivity contribution in [2.75, 3.05) is 6.61 Å². The quantitative estimate of drug-likeness (QED) is 0.612. The lowest BCUT2D eigenvalue weighted by molar-refractivity contribution is -0.385. The van der Waals surface area contributed by atoms with Crippen molar-refractivity contribution in [1.29, 1.82) is 0 Å². The van der Waals surface area contributed by atoms with Crippen molar-refractivity contribution in [3.8, 4) is 5.75 Å². The van der Waals surface area contributed by atoms with E-state index in [1.807, 2.05) is 0 Å². The predicted octanol–water partition coefficient (Wildman–Crippen LogP) is 1.52. The summed E-state index contributed by atoms with van der Waals surface area (Å²) in [5.41, 5.74) is 0.166. The summed E-state index contributed by atoms with van der Waals surface area (Å²) >= 11 is 0. The van der Waals surface area contributed by atoms with E-state index in [4.69, 9.17) is 9.84 Å². The molecule has 1 aromatic rings. The molecule has 0 aromatic heterocycles. The van der Waals surface area contributed by atoms with Gasteiger partial charge in [-0.1, -0.05) is 18.9 Å². The minimum Gasteiger partial charge on any atom is -0.477 e. The van der Waals surface area contributed by atoms with Crippen molar-refractivity contribution in [2.45, 2.75) is 38.3 Å². The Morgan fingerprint density at radius 2 is 2.14 bits per heavy atom. The Morgan fingerprint density at radius 1 is 1.43 bits per heavy atom. The van der Waals surface area contributed by atoms with Crippen LogP contribution >= 0.6 is 0 Å². The lowest BCUT2D eigenvalue weighted by Crippen LogP contribution is -2.36. The summed E-state index contributed by atoms with van der Waals surface area (Å²) < 4.78 is 5.23. The van der Waals surface area contributed by atoms with Gasteiger partial charge in [-0.2, -0.15) is 0 Å². The van der Waals surface area contributed by atoms with E-state index in [1.165, 1.54) is 18.2 Å².